The highest BCUT2D eigenvalue weighted by molar-refractivity contribution is 9.10. The van der Waals surface area contributed by atoms with Crippen molar-refractivity contribution in [3.05, 3.63) is 28.2 Å². The lowest BCUT2D eigenvalue weighted by molar-refractivity contribution is -0.137. The predicted octanol–water partition coefficient (Wildman–Crippen LogP) is 2.60. The molecule has 1 amide bonds. The maximum atomic E-state index is 11.5. The van der Waals surface area contributed by atoms with Gasteiger partial charge in [-0.05, 0) is 48.3 Å². The highest BCUT2D eigenvalue weighted by atomic mass is 79.9. The predicted molar refractivity (Wildman–Crippen MR) is 77.2 cm³/mol. The van der Waals surface area contributed by atoms with Crippen molar-refractivity contribution in [1.29, 1.82) is 0 Å². The molecule has 0 aliphatic heterocycles. The normalized spacial score (nSPS) is 11.1. The number of hydrogen-bond donors (Lipinski definition) is 3. The van der Waals surface area contributed by atoms with E-state index in [4.69, 9.17) is 10.8 Å². The second kappa shape index (κ2) is 6.06. The van der Waals surface area contributed by atoms with Crippen molar-refractivity contribution < 1.29 is 14.7 Å². The van der Waals surface area contributed by atoms with Crippen LogP contribution in [-0.2, 0) is 4.79 Å². The van der Waals surface area contributed by atoms with Crippen molar-refractivity contribution >= 4 is 33.5 Å². The first-order valence-corrected chi connectivity index (χ1v) is 6.60. The van der Waals surface area contributed by atoms with Crippen LogP contribution in [0, 0.1) is 0 Å². The summed E-state index contributed by atoms with van der Waals surface area (Å²) in [7, 11) is 0. The van der Waals surface area contributed by atoms with Crippen LogP contribution in [0.15, 0.2) is 22.7 Å². The number of aliphatic carboxylic acids is 1. The molecule has 0 bridgehead atoms. The first-order chi connectivity index (χ1) is 8.73. The van der Waals surface area contributed by atoms with Crippen molar-refractivity contribution in [1.82, 2.24) is 0 Å². The topological polar surface area (TPSA) is 92.4 Å². The Bertz CT molecular complexity index is 501. The lowest BCUT2D eigenvalue weighted by Gasteiger charge is -2.28. The molecule has 4 N–H and O–H groups in total. The average molecular weight is 329 g/mol. The third kappa shape index (κ3) is 4.55. The number of carbonyl (C=O) groups is 2. The Morgan fingerprint density at radius 1 is 1.42 bits per heavy atom. The minimum atomic E-state index is -0.848. The third-order valence-electron chi connectivity index (χ3n) is 2.70. The van der Waals surface area contributed by atoms with E-state index in [1.807, 2.05) is 13.8 Å². The van der Waals surface area contributed by atoms with Crippen molar-refractivity contribution in [2.75, 3.05) is 5.32 Å². The summed E-state index contributed by atoms with van der Waals surface area (Å²) in [5.74, 6) is -1.39. The maximum Gasteiger partial charge on any atom is 0.303 e. The second-order valence-corrected chi connectivity index (χ2v) is 5.78. The minimum Gasteiger partial charge on any atom is -0.481 e. The fourth-order valence-corrected chi connectivity index (χ4v) is 2.29. The van der Waals surface area contributed by atoms with Gasteiger partial charge in [0, 0.05) is 22.1 Å². The summed E-state index contributed by atoms with van der Waals surface area (Å²) in [5, 5.41) is 11.9. The summed E-state index contributed by atoms with van der Waals surface area (Å²) in [6, 6.07) is 5.26. The monoisotopic (exact) mass is 328 g/mol. The molecule has 1 rings (SSSR count). The van der Waals surface area contributed by atoms with Crippen LogP contribution in [0.5, 0.6) is 0 Å². The second-order valence-electron chi connectivity index (χ2n) is 4.93. The number of benzene rings is 1. The van der Waals surface area contributed by atoms with E-state index < -0.39 is 17.4 Å². The lowest BCUT2D eigenvalue weighted by Crippen LogP contribution is -2.32. The van der Waals surface area contributed by atoms with Crippen molar-refractivity contribution in [2.45, 2.75) is 32.2 Å². The summed E-state index contributed by atoms with van der Waals surface area (Å²) >= 11 is 3.28. The van der Waals surface area contributed by atoms with Crippen LogP contribution in [0.1, 0.15) is 37.0 Å². The number of nitrogens with two attached hydrogens (primary N) is 1. The Labute approximate surface area is 120 Å². The number of nitrogens with one attached hydrogen (secondary N) is 1. The molecule has 1 aromatic rings. The van der Waals surface area contributed by atoms with Crippen LogP contribution in [-0.4, -0.2) is 22.5 Å². The zero-order chi connectivity index (χ0) is 14.6. The molecule has 0 aromatic heterocycles. The third-order valence-corrected chi connectivity index (χ3v) is 3.36. The summed E-state index contributed by atoms with van der Waals surface area (Å²) in [6.07, 6.45) is 0.493. The largest absolute Gasteiger partial charge is 0.481 e. The molecule has 104 valence electrons. The summed E-state index contributed by atoms with van der Waals surface area (Å²) in [5.41, 5.74) is 5.86. The van der Waals surface area contributed by atoms with Crippen LogP contribution in [0.2, 0.25) is 0 Å². The van der Waals surface area contributed by atoms with Gasteiger partial charge in [0.05, 0.1) is 5.56 Å². The number of carboxylic acids is 1. The summed E-state index contributed by atoms with van der Waals surface area (Å²) in [4.78, 5) is 22.1. The van der Waals surface area contributed by atoms with Crippen molar-refractivity contribution in [2.24, 2.45) is 5.73 Å². The van der Waals surface area contributed by atoms with Gasteiger partial charge in [-0.1, -0.05) is 6.07 Å². The number of anilines is 1. The van der Waals surface area contributed by atoms with Crippen LogP contribution in [0.4, 0.5) is 5.69 Å². The van der Waals surface area contributed by atoms with Gasteiger partial charge in [-0.3, -0.25) is 9.59 Å². The van der Waals surface area contributed by atoms with Gasteiger partial charge in [-0.2, -0.15) is 0 Å². The molecule has 0 atom stereocenters. The van der Waals surface area contributed by atoms with E-state index >= 15 is 0 Å². The highest BCUT2D eigenvalue weighted by Gasteiger charge is 2.22. The number of halogens is 1. The zero-order valence-electron chi connectivity index (χ0n) is 10.9. The lowest BCUT2D eigenvalue weighted by atomic mass is 9.97. The van der Waals surface area contributed by atoms with E-state index in [0.717, 1.165) is 0 Å². The molecule has 1 aromatic carbocycles. The molecule has 0 heterocycles. The quantitative estimate of drug-likeness (QED) is 0.748. The molecule has 0 fully saturated rings. The average Bonchev–Trinajstić information content (AvgIpc) is 2.25. The van der Waals surface area contributed by atoms with Crippen LogP contribution in [0.25, 0.3) is 0 Å². The van der Waals surface area contributed by atoms with Gasteiger partial charge in [0.15, 0.2) is 0 Å². The van der Waals surface area contributed by atoms with Gasteiger partial charge in [-0.15, -0.1) is 0 Å². The van der Waals surface area contributed by atoms with Gasteiger partial charge >= 0.3 is 5.97 Å². The molecule has 6 heteroatoms. The van der Waals surface area contributed by atoms with Crippen LogP contribution in [0.3, 0.4) is 0 Å². The molecule has 0 radical (unpaired) electrons. The Morgan fingerprint density at radius 3 is 2.58 bits per heavy atom. The van der Waals surface area contributed by atoms with E-state index in [1.54, 1.807) is 18.2 Å². The molecular weight excluding hydrogens is 312 g/mol. The summed E-state index contributed by atoms with van der Waals surface area (Å²) < 4.78 is 0.610. The smallest absolute Gasteiger partial charge is 0.303 e. The first kappa shape index (κ1) is 15.5. The molecule has 0 aliphatic carbocycles. The molecule has 0 aliphatic rings. The van der Waals surface area contributed by atoms with Crippen molar-refractivity contribution in [3.8, 4) is 0 Å². The molecule has 0 spiro atoms. The van der Waals surface area contributed by atoms with Crippen LogP contribution < -0.4 is 11.1 Å². The number of amides is 1. The van der Waals surface area contributed by atoms with Gasteiger partial charge < -0.3 is 16.2 Å². The Balaban J connectivity index is 2.95. The molecule has 19 heavy (non-hydrogen) atoms. The first-order valence-electron chi connectivity index (χ1n) is 5.81. The molecule has 0 unspecified atom stereocenters. The van der Waals surface area contributed by atoms with Gasteiger partial charge in [0.25, 0.3) is 5.91 Å². The Morgan fingerprint density at radius 2 is 2.05 bits per heavy atom. The molecule has 5 nitrogen and oxygen atoms in total. The number of carbonyl (C=O) groups excluding carboxylic acids is 1. The van der Waals surface area contributed by atoms with Gasteiger partial charge in [0.2, 0.25) is 0 Å². The van der Waals surface area contributed by atoms with Crippen LogP contribution >= 0.6 is 15.9 Å². The fraction of sp³-hybridized carbons (Fsp3) is 0.385. The number of hydrogen-bond acceptors (Lipinski definition) is 3. The van der Waals surface area contributed by atoms with Gasteiger partial charge in [0.1, 0.15) is 0 Å². The number of primary amides is 1. The van der Waals surface area contributed by atoms with E-state index in [-0.39, 0.29) is 6.42 Å². The molecular formula is C13H17BrN2O3. The fourth-order valence-electron chi connectivity index (χ4n) is 1.73. The number of rotatable bonds is 6. The Hall–Kier alpha value is -1.56. The van der Waals surface area contributed by atoms with Gasteiger partial charge in [-0.25, -0.2) is 0 Å². The summed E-state index contributed by atoms with van der Waals surface area (Å²) in [6.45, 7) is 3.75. The van der Waals surface area contributed by atoms with E-state index in [1.165, 1.54) is 0 Å². The van der Waals surface area contributed by atoms with E-state index in [0.29, 0.717) is 22.1 Å². The molecule has 0 saturated carbocycles. The molecule has 0 saturated heterocycles. The highest BCUT2D eigenvalue weighted by Crippen LogP contribution is 2.28. The SMILES string of the molecule is CC(C)(CCC(=O)O)Nc1cccc(Br)c1C(N)=O. The Kier molecular flexibility index (Phi) is 4.94. The van der Waals surface area contributed by atoms with E-state index in [9.17, 15) is 9.59 Å². The number of carboxylic acid groups (broad SMARTS) is 1. The van der Waals surface area contributed by atoms with E-state index in [2.05, 4.69) is 21.2 Å². The standard InChI is InChI=1S/C13H17BrN2O3/c1-13(2,7-6-10(17)18)16-9-5-3-4-8(14)11(9)12(15)19/h3-5,16H,6-7H2,1-2H3,(H2,15,19)(H,17,18). The minimum absolute atomic E-state index is 0.0555. The zero-order valence-corrected chi connectivity index (χ0v) is 12.5. The van der Waals surface area contributed by atoms with Crippen molar-refractivity contribution in [3.63, 3.8) is 0 Å². The maximum absolute atomic E-state index is 11.5.